The minimum absolute atomic E-state index is 0.119. The lowest BCUT2D eigenvalue weighted by molar-refractivity contribution is 0.250. The van der Waals surface area contributed by atoms with Crippen LogP contribution in [0.25, 0.3) is 0 Å². The Balaban J connectivity index is 2.88. The van der Waals surface area contributed by atoms with Gasteiger partial charge in [-0.3, -0.25) is 0 Å². The molecule has 1 rings (SSSR count). The molecule has 0 spiro atoms. The van der Waals surface area contributed by atoms with Crippen molar-refractivity contribution in [3.05, 3.63) is 24.3 Å². The summed E-state index contributed by atoms with van der Waals surface area (Å²) in [5, 5.41) is 8.91. The number of aliphatic hydroxyl groups is 1. The molecule has 0 saturated carbocycles. The quantitative estimate of drug-likeness (QED) is 0.820. The van der Waals surface area contributed by atoms with Crippen molar-refractivity contribution in [1.82, 2.24) is 0 Å². The lowest BCUT2D eigenvalue weighted by Crippen LogP contribution is -2.05. The second kappa shape index (κ2) is 5.70. The Hall–Kier alpha value is -0.520. The van der Waals surface area contributed by atoms with Crippen LogP contribution in [0.2, 0.25) is 0 Å². The van der Waals surface area contributed by atoms with E-state index < -0.39 is 9.84 Å². The zero-order chi connectivity index (χ0) is 12.2. The predicted molar refractivity (Wildman–Crippen MR) is 66.5 cm³/mol. The second-order valence-electron chi connectivity index (χ2n) is 3.82. The fourth-order valence-electron chi connectivity index (χ4n) is 1.16. The molecule has 0 fully saturated rings. The third kappa shape index (κ3) is 3.81. The van der Waals surface area contributed by atoms with Crippen molar-refractivity contribution in [3.63, 3.8) is 0 Å². The molecule has 0 aromatic heterocycles. The van der Waals surface area contributed by atoms with Gasteiger partial charge >= 0.3 is 0 Å². The van der Waals surface area contributed by atoms with Crippen molar-refractivity contribution in [1.29, 1.82) is 0 Å². The summed E-state index contributed by atoms with van der Waals surface area (Å²) in [4.78, 5) is 1.12. The highest BCUT2D eigenvalue weighted by Gasteiger charge is 2.13. The molecule has 0 saturated heterocycles. The third-order valence-electron chi connectivity index (χ3n) is 2.08. The molecule has 1 aromatic carbocycles. The predicted octanol–water partition coefficient (Wildman–Crippen LogP) is 1.81. The molecule has 1 atom stereocenters. The Morgan fingerprint density at radius 1 is 1.38 bits per heavy atom. The Labute approximate surface area is 101 Å². The van der Waals surface area contributed by atoms with Gasteiger partial charge in [-0.2, -0.15) is 0 Å². The van der Waals surface area contributed by atoms with Gasteiger partial charge in [-0.1, -0.05) is 19.1 Å². The average Bonchev–Trinajstić information content (AvgIpc) is 2.25. The molecule has 0 amide bonds. The van der Waals surface area contributed by atoms with Gasteiger partial charge in [0.2, 0.25) is 0 Å². The SMILES string of the molecule is CC(CO)CSc1ccccc1S(C)(=O)=O. The molecule has 5 heteroatoms. The van der Waals surface area contributed by atoms with E-state index in [1.54, 1.807) is 18.2 Å². The first-order valence-electron chi connectivity index (χ1n) is 4.98. The highest BCUT2D eigenvalue weighted by Crippen LogP contribution is 2.27. The van der Waals surface area contributed by atoms with Gasteiger partial charge in [0.25, 0.3) is 0 Å². The maximum Gasteiger partial charge on any atom is 0.176 e. The van der Waals surface area contributed by atoms with Crippen LogP contribution in [-0.2, 0) is 9.84 Å². The van der Waals surface area contributed by atoms with Crippen molar-refractivity contribution in [2.24, 2.45) is 5.92 Å². The fraction of sp³-hybridized carbons (Fsp3) is 0.455. The summed E-state index contributed by atoms with van der Waals surface area (Å²) in [5.41, 5.74) is 0. The molecule has 0 heterocycles. The van der Waals surface area contributed by atoms with Crippen LogP contribution < -0.4 is 0 Å². The molecular weight excluding hydrogens is 244 g/mol. The summed E-state index contributed by atoms with van der Waals surface area (Å²) < 4.78 is 23.0. The molecule has 0 aliphatic carbocycles. The van der Waals surface area contributed by atoms with Crippen LogP contribution in [0.4, 0.5) is 0 Å². The van der Waals surface area contributed by atoms with Gasteiger partial charge in [-0.15, -0.1) is 11.8 Å². The topological polar surface area (TPSA) is 54.4 Å². The smallest absolute Gasteiger partial charge is 0.176 e. The molecule has 1 unspecified atom stereocenters. The lowest BCUT2D eigenvalue weighted by atomic mass is 10.2. The van der Waals surface area contributed by atoms with Crippen molar-refractivity contribution in [3.8, 4) is 0 Å². The molecule has 1 N–H and O–H groups in total. The first kappa shape index (κ1) is 13.5. The van der Waals surface area contributed by atoms with Gasteiger partial charge in [0.05, 0.1) is 4.90 Å². The summed E-state index contributed by atoms with van der Waals surface area (Å²) >= 11 is 1.47. The normalized spacial score (nSPS) is 13.7. The van der Waals surface area contributed by atoms with E-state index in [2.05, 4.69) is 0 Å². The van der Waals surface area contributed by atoms with Crippen LogP contribution >= 0.6 is 11.8 Å². The van der Waals surface area contributed by atoms with Crippen molar-refractivity contribution < 1.29 is 13.5 Å². The van der Waals surface area contributed by atoms with E-state index in [4.69, 9.17) is 5.11 Å². The van der Waals surface area contributed by atoms with E-state index in [1.807, 2.05) is 13.0 Å². The summed E-state index contributed by atoms with van der Waals surface area (Å²) in [5.74, 6) is 0.876. The van der Waals surface area contributed by atoms with E-state index in [1.165, 1.54) is 18.0 Å². The monoisotopic (exact) mass is 260 g/mol. The Morgan fingerprint density at radius 3 is 2.56 bits per heavy atom. The molecule has 3 nitrogen and oxygen atoms in total. The lowest BCUT2D eigenvalue weighted by Gasteiger charge is -2.10. The maximum atomic E-state index is 11.5. The van der Waals surface area contributed by atoms with Gasteiger partial charge in [0.1, 0.15) is 0 Å². The summed E-state index contributed by atoms with van der Waals surface area (Å²) in [6.45, 7) is 2.05. The van der Waals surface area contributed by atoms with E-state index in [0.717, 1.165) is 4.90 Å². The summed E-state index contributed by atoms with van der Waals surface area (Å²) in [6, 6.07) is 6.95. The molecule has 16 heavy (non-hydrogen) atoms. The molecule has 0 bridgehead atoms. The van der Waals surface area contributed by atoms with Crippen LogP contribution in [0, 0.1) is 5.92 Å². The van der Waals surface area contributed by atoms with Crippen molar-refractivity contribution >= 4 is 21.6 Å². The Kier molecular flexibility index (Phi) is 4.83. The van der Waals surface area contributed by atoms with Gasteiger partial charge in [-0.25, -0.2) is 8.42 Å². The van der Waals surface area contributed by atoms with Gasteiger partial charge in [-0.05, 0) is 18.1 Å². The highest BCUT2D eigenvalue weighted by molar-refractivity contribution is 8.00. The number of rotatable bonds is 5. The Morgan fingerprint density at radius 2 is 2.00 bits per heavy atom. The van der Waals surface area contributed by atoms with Crippen LogP contribution in [0.1, 0.15) is 6.92 Å². The first-order chi connectivity index (χ1) is 7.45. The van der Waals surface area contributed by atoms with Gasteiger partial charge < -0.3 is 5.11 Å². The van der Waals surface area contributed by atoms with Crippen LogP contribution in [0.5, 0.6) is 0 Å². The first-order valence-corrected chi connectivity index (χ1v) is 7.85. The highest BCUT2D eigenvalue weighted by atomic mass is 32.2. The fourth-order valence-corrected chi connectivity index (χ4v) is 3.51. The standard InChI is InChI=1S/C11H16O3S2/c1-9(7-12)8-15-10-5-3-4-6-11(10)16(2,13)14/h3-6,9,12H,7-8H2,1-2H3. The van der Waals surface area contributed by atoms with Crippen LogP contribution in [0.15, 0.2) is 34.1 Å². The van der Waals surface area contributed by atoms with Crippen LogP contribution in [0.3, 0.4) is 0 Å². The van der Waals surface area contributed by atoms with Gasteiger partial charge in [0, 0.05) is 23.5 Å². The number of hydrogen-bond acceptors (Lipinski definition) is 4. The van der Waals surface area contributed by atoms with Crippen molar-refractivity contribution in [2.75, 3.05) is 18.6 Å². The second-order valence-corrected chi connectivity index (χ2v) is 6.86. The number of aliphatic hydroxyl groups excluding tert-OH is 1. The largest absolute Gasteiger partial charge is 0.396 e. The van der Waals surface area contributed by atoms with Crippen LogP contribution in [-0.4, -0.2) is 32.1 Å². The summed E-state index contributed by atoms with van der Waals surface area (Å²) in [7, 11) is -3.17. The van der Waals surface area contributed by atoms with E-state index in [9.17, 15) is 8.42 Å². The number of sulfone groups is 1. The third-order valence-corrected chi connectivity index (χ3v) is 4.77. The zero-order valence-corrected chi connectivity index (χ0v) is 11.0. The maximum absolute atomic E-state index is 11.5. The number of hydrogen-bond donors (Lipinski definition) is 1. The Bertz CT molecular complexity index is 440. The van der Waals surface area contributed by atoms with E-state index in [-0.39, 0.29) is 12.5 Å². The number of thioether (sulfide) groups is 1. The molecule has 0 aliphatic rings. The molecule has 90 valence electrons. The number of benzene rings is 1. The molecule has 0 radical (unpaired) electrons. The minimum atomic E-state index is -3.17. The average molecular weight is 260 g/mol. The molecular formula is C11H16O3S2. The molecule has 0 aliphatic heterocycles. The van der Waals surface area contributed by atoms with Crippen molar-refractivity contribution in [2.45, 2.75) is 16.7 Å². The minimum Gasteiger partial charge on any atom is -0.396 e. The van der Waals surface area contributed by atoms with E-state index >= 15 is 0 Å². The molecule has 1 aromatic rings. The van der Waals surface area contributed by atoms with E-state index in [0.29, 0.717) is 10.6 Å². The zero-order valence-electron chi connectivity index (χ0n) is 9.38. The summed E-state index contributed by atoms with van der Waals surface area (Å²) in [6.07, 6.45) is 1.21. The van der Waals surface area contributed by atoms with Gasteiger partial charge in [0.15, 0.2) is 9.84 Å².